The Labute approximate surface area is 203 Å². The summed E-state index contributed by atoms with van der Waals surface area (Å²) in [5.41, 5.74) is 6.12. The third-order valence-corrected chi connectivity index (χ3v) is 6.86. The lowest BCUT2D eigenvalue weighted by Crippen LogP contribution is -2.40. The number of likely N-dealkylation sites (tertiary alicyclic amines) is 1. The van der Waals surface area contributed by atoms with E-state index in [-0.39, 0.29) is 18.4 Å². The molecule has 7 nitrogen and oxygen atoms in total. The van der Waals surface area contributed by atoms with Gasteiger partial charge in [-0.05, 0) is 59.7 Å². The minimum atomic E-state index is -1.00. The highest BCUT2D eigenvalue weighted by molar-refractivity contribution is 5.99. The van der Waals surface area contributed by atoms with E-state index in [4.69, 9.17) is 4.74 Å². The standard InChI is InChI=1S/C28H26N2O5/c1-17-12-13-18(26(31)30-14-6-11-25(30)27(32)33)15-24(17)29-28(34)35-16-23-21-9-4-2-7-19(21)20-8-3-5-10-22(20)23/h2-5,7-10,12-13,15,23,25H,6,11,14,16H2,1H3,(H,29,34)(H,32,33). The number of hydrogen-bond acceptors (Lipinski definition) is 4. The van der Waals surface area contributed by atoms with E-state index < -0.39 is 18.1 Å². The number of benzene rings is 3. The van der Waals surface area contributed by atoms with Crippen LogP contribution in [0, 0.1) is 6.92 Å². The van der Waals surface area contributed by atoms with E-state index in [9.17, 15) is 19.5 Å². The van der Waals surface area contributed by atoms with Crippen molar-refractivity contribution in [1.82, 2.24) is 4.90 Å². The molecule has 3 aromatic carbocycles. The number of nitrogens with one attached hydrogen (secondary N) is 1. The highest BCUT2D eigenvalue weighted by atomic mass is 16.5. The van der Waals surface area contributed by atoms with Crippen LogP contribution in [-0.4, -0.2) is 47.2 Å². The number of fused-ring (bicyclic) bond motifs is 3. The third kappa shape index (κ3) is 4.25. The molecule has 0 aromatic heterocycles. The van der Waals surface area contributed by atoms with Gasteiger partial charge >= 0.3 is 12.1 Å². The maximum absolute atomic E-state index is 13.0. The Hall–Kier alpha value is -4.13. The monoisotopic (exact) mass is 470 g/mol. The summed E-state index contributed by atoms with van der Waals surface area (Å²) in [6, 6.07) is 20.4. The van der Waals surface area contributed by atoms with E-state index in [0.29, 0.717) is 30.6 Å². The number of carbonyl (C=O) groups is 3. The number of anilines is 1. The fourth-order valence-electron chi connectivity index (χ4n) is 5.07. The SMILES string of the molecule is Cc1ccc(C(=O)N2CCCC2C(=O)O)cc1NC(=O)OCC1c2ccccc2-c2ccccc21. The zero-order valence-corrected chi connectivity index (χ0v) is 19.4. The van der Waals surface area contributed by atoms with Crippen molar-refractivity contribution < 1.29 is 24.2 Å². The van der Waals surface area contributed by atoms with Gasteiger partial charge in [0.2, 0.25) is 0 Å². The summed E-state index contributed by atoms with van der Waals surface area (Å²) in [5.74, 6) is -1.41. The number of hydrogen-bond donors (Lipinski definition) is 2. The first-order valence-corrected chi connectivity index (χ1v) is 11.7. The quantitative estimate of drug-likeness (QED) is 0.544. The highest BCUT2D eigenvalue weighted by Gasteiger charge is 2.34. The maximum atomic E-state index is 13.0. The van der Waals surface area contributed by atoms with Crippen LogP contribution in [0.3, 0.4) is 0 Å². The third-order valence-electron chi connectivity index (χ3n) is 6.86. The van der Waals surface area contributed by atoms with Gasteiger partial charge in [0.25, 0.3) is 5.91 Å². The first-order chi connectivity index (χ1) is 16.9. The number of carboxylic acids is 1. The number of rotatable bonds is 5. The van der Waals surface area contributed by atoms with Gasteiger partial charge in [-0.25, -0.2) is 9.59 Å². The molecular formula is C28H26N2O5. The van der Waals surface area contributed by atoms with Crippen molar-refractivity contribution in [1.29, 1.82) is 0 Å². The lowest BCUT2D eigenvalue weighted by molar-refractivity contribution is -0.141. The average molecular weight is 471 g/mol. The molecule has 1 atom stereocenters. The van der Waals surface area contributed by atoms with Crippen molar-refractivity contribution in [2.24, 2.45) is 0 Å². The normalized spacial score (nSPS) is 16.5. The maximum Gasteiger partial charge on any atom is 0.411 e. The molecule has 0 bridgehead atoms. The Morgan fingerprint density at radius 2 is 1.66 bits per heavy atom. The van der Waals surface area contributed by atoms with E-state index in [1.165, 1.54) is 4.90 Å². The van der Waals surface area contributed by atoms with Gasteiger partial charge < -0.3 is 14.7 Å². The van der Waals surface area contributed by atoms with E-state index in [1.54, 1.807) is 18.2 Å². The van der Waals surface area contributed by atoms with Gasteiger partial charge in [0.05, 0.1) is 0 Å². The molecule has 2 aliphatic rings. The van der Waals surface area contributed by atoms with E-state index >= 15 is 0 Å². The van der Waals surface area contributed by atoms with Crippen LogP contribution in [0.5, 0.6) is 0 Å². The predicted molar refractivity (Wildman–Crippen MR) is 132 cm³/mol. The molecule has 3 aromatic rings. The second-order valence-corrected chi connectivity index (χ2v) is 8.98. The van der Waals surface area contributed by atoms with Gasteiger partial charge in [0.1, 0.15) is 12.6 Å². The Morgan fingerprint density at radius 1 is 1.00 bits per heavy atom. The minimum Gasteiger partial charge on any atom is -0.480 e. The van der Waals surface area contributed by atoms with Crippen LogP contribution in [0.1, 0.15) is 45.8 Å². The Morgan fingerprint density at radius 3 is 2.31 bits per heavy atom. The van der Waals surface area contributed by atoms with Crippen LogP contribution < -0.4 is 5.32 Å². The fraction of sp³-hybridized carbons (Fsp3) is 0.250. The molecule has 5 rings (SSSR count). The molecule has 0 saturated carbocycles. The lowest BCUT2D eigenvalue weighted by Gasteiger charge is -2.22. The molecule has 0 radical (unpaired) electrons. The fourth-order valence-corrected chi connectivity index (χ4v) is 5.07. The van der Waals surface area contributed by atoms with Crippen molar-refractivity contribution in [2.45, 2.75) is 31.7 Å². The van der Waals surface area contributed by atoms with Crippen molar-refractivity contribution >= 4 is 23.7 Å². The first kappa shape index (κ1) is 22.7. The Balaban J connectivity index is 1.29. The number of carboxylic acid groups (broad SMARTS) is 1. The van der Waals surface area contributed by atoms with Crippen LogP contribution in [0.4, 0.5) is 10.5 Å². The summed E-state index contributed by atoms with van der Waals surface area (Å²) in [5, 5.41) is 12.2. The lowest BCUT2D eigenvalue weighted by atomic mass is 9.98. The summed E-state index contributed by atoms with van der Waals surface area (Å²) < 4.78 is 5.62. The van der Waals surface area contributed by atoms with Crippen LogP contribution in [-0.2, 0) is 9.53 Å². The van der Waals surface area contributed by atoms with Crippen molar-refractivity contribution in [3.8, 4) is 11.1 Å². The number of amides is 2. The van der Waals surface area contributed by atoms with E-state index in [1.807, 2.05) is 31.2 Å². The number of aryl methyl sites for hydroxylation is 1. The van der Waals surface area contributed by atoms with Gasteiger partial charge in [0, 0.05) is 23.7 Å². The Bertz CT molecular complexity index is 1270. The molecule has 1 unspecified atom stereocenters. The summed E-state index contributed by atoms with van der Waals surface area (Å²) in [4.78, 5) is 38.5. The summed E-state index contributed by atoms with van der Waals surface area (Å²) in [7, 11) is 0. The molecule has 1 heterocycles. The summed E-state index contributed by atoms with van der Waals surface area (Å²) in [6.45, 7) is 2.41. The van der Waals surface area contributed by atoms with Crippen molar-refractivity contribution in [2.75, 3.05) is 18.5 Å². The van der Waals surface area contributed by atoms with Crippen LogP contribution in [0.25, 0.3) is 11.1 Å². The molecule has 7 heteroatoms. The molecule has 0 spiro atoms. The minimum absolute atomic E-state index is 0.0507. The molecule has 35 heavy (non-hydrogen) atoms. The van der Waals surface area contributed by atoms with Gasteiger partial charge in [-0.3, -0.25) is 10.1 Å². The number of ether oxygens (including phenoxy) is 1. The molecule has 2 amide bonds. The highest BCUT2D eigenvalue weighted by Crippen LogP contribution is 2.44. The largest absolute Gasteiger partial charge is 0.480 e. The molecule has 1 aliphatic heterocycles. The molecule has 1 aliphatic carbocycles. The molecule has 2 N–H and O–H groups in total. The van der Waals surface area contributed by atoms with Crippen LogP contribution in [0.2, 0.25) is 0 Å². The topological polar surface area (TPSA) is 95.9 Å². The van der Waals surface area contributed by atoms with Gasteiger partial charge in [0.15, 0.2) is 0 Å². The summed E-state index contributed by atoms with van der Waals surface area (Å²) >= 11 is 0. The van der Waals surface area contributed by atoms with Gasteiger partial charge in [-0.1, -0.05) is 54.6 Å². The smallest absolute Gasteiger partial charge is 0.411 e. The van der Waals surface area contributed by atoms with Crippen molar-refractivity contribution in [3.05, 3.63) is 89.0 Å². The first-order valence-electron chi connectivity index (χ1n) is 11.7. The zero-order chi connectivity index (χ0) is 24.5. The average Bonchev–Trinajstić information content (AvgIpc) is 3.47. The number of aliphatic carboxylic acids is 1. The Kier molecular flexibility index (Phi) is 5.99. The van der Waals surface area contributed by atoms with Gasteiger partial charge in [-0.2, -0.15) is 0 Å². The summed E-state index contributed by atoms with van der Waals surface area (Å²) in [6.07, 6.45) is 0.487. The van der Waals surface area contributed by atoms with Gasteiger partial charge in [-0.15, -0.1) is 0 Å². The molecular weight excluding hydrogens is 444 g/mol. The van der Waals surface area contributed by atoms with Crippen LogP contribution in [0.15, 0.2) is 66.7 Å². The molecule has 1 fully saturated rings. The molecule has 1 saturated heterocycles. The second kappa shape index (κ2) is 9.25. The zero-order valence-electron chi connectivity index (χ0n) is 19.4. The van der Waals surface area contributed by atoms with E-state index in [2.05, 4.69) is 29.6 Å². The second-order valence-electron chi connectivity index (χ2n) is 8.98. The number of carbonyl (C=O) groups excluding carboxylic acids is 2. The molecule has 178 valence electrons. The van der Waals surface area contributed by atoms with Crippen LogP contribution >= 0.6 is 0 Å². The van der Waals surface area contributed by atoms with E-state index in [0.717, 1.165) is 27.8 Å². The van der Waals surface area contributed by atoms with Crippen molar-refractivity contribution in [3.63, 3.8) is 0 Å². The number of nitrogens with zero attached hydrogens (tertiary/aromatic N) is 1. The predicted octanol–water partition coefficient (Wildman–Crippen LogP) is 5.05.